The highest BCUT2D eigenvalue weighted by Crippen LogP contribution is 2.44. The molecule has 5 heteroatoms. The summed E-state index contributed by atoms with van der Waals surface area (Å²) in [5, 5.41) is 7.40. The standard InChI is InChI=1S/C36H29BrN4/c1-24(2)33-30-22-28(37)18-19-32(30)40-34(33)29-20-21-38-35-31(29)23-39-41(35)36(25-12-6-3-7-13-25,26-14-8-4-9-15-26)27-16-10-5-11-17-27/h3-24,40H,1-2H3. The van der Waals surface area contributed by atoms with Gasteiger partial charge in [-0.2, -0.15) is 5.10 Å². The van der Waals surface area contributed by atoms with Crippen molar-refractivity contribution in [3.8, 4) is 11.3 Å². The van der Waals surface area contributed by atoms with E-state index < -0.39 is 5.54 Å². The molecule has 0 atom stereocenters. The molecule has 0 aliphatic heterocycles. The molecule has 4 aromatic carbocycles. The first-order valence-corrected chi connectivity index (χ1v) is 14.7. The van der Waals surface area contributed by atoms with Crippen molar-refractivity contribution in [1.82, 2.24) is 19.7 Å². The molecule has 41 heavy (non-hydrogen) atoms. The minimum atomic E-state index is -0.733. The molecule has 1 N–H and O–H groups in total. The van der Waals surface area contributed by atoms with E-state index in [1.165, 1.54) is 10.9 Å². The predicted molar refractivity (Wildman–Crippen MR) is 171 cm³/mol. The Labute approximate surface area is 247 Å². The van der Waals surface area contributed by atoms with Crippen LogP contribution in [0.3, 0.4) is 0 Å². The topological polar surface area (TPSA) is 46.5 Å². The van der Waals surface area contributed by atoms with Crippen LogP contribution in [0.2, 0.25) is 0 Å². The van der Waals surface area contributed by atoms with E-state index in [9.17, 15) is 0 Å². The molecule has 3 aromatic heterocycles. The summed E-state index contributed by atoms with van der Waals surface area (Å²) < 4.78 is 3.18. The Balaban J connectivity index is 1.57. The molecule has 0 unspecified atom stereocenters. The fourth-order valence-electron chi connectivity index (χ4n) is 6.29. The van der Waals surface area contributed by atoms with Crippen LogP contribution < -0.4 is 0 Å². The summed E-state index contributed by atoms with van der Waals surface area (Å²) in [7, 11) is 0. The molecular weight excluding hydrogens is 568 g/mol. The number of nitrogens with zero attached hydrogens (tertiary/aromatic N) is 3. The maximum Gasteiger partial charge on any atom is 0.159 e. The number of aromatic amines is 1. The summed E-state index contributed by atoms with van der Waals surface area (Å²) in [6.45, 7) is 4.50. The van der Waals surface area contributed by atoms with Gasteiger partial charge in [0.25, 0.3) is 0 Å². The monoisotopic (exact) mass is 596 g/mol. The van der Waals surface area contributed by atoms with Crippen molar-refractivity contribution in [2.45, 2.75) is 25.3 Å². The van der Waals surface area contributed by atoms with Gasteiger partial charge in [0.2, 0.25) is 0 Å². The van der Waals surface area contributed by atoms with Crippen LogP contribution in [0.25, 0.3) is 33.2 Å². The van der Waals surface area contributed by atoms with Crippen LogP contribution in [0.1, 0.15) is 42.0 Å². The van der Waals surface area contributed by atoms with Crippen LogP contribution >= 0.6 is 15.9 Å². The third-order valence-electron chi connectivity index (χ3n) is 8.01. The quantitative estimate of drug-likeness (QED) is 0.194. The Kier molecular flexibility index (Phi) is 6.32. The zero-order valence-corrected chi connectivity index (χ0v) is 24.5. The maximum absolute atomic E-state index is 5.16. The van der Waals surface area contributed by atoms with Gasteiger partial charge in [0.05, 0.1) is 11.9 Å². The third kappa shape index (κ3) is 4.03. The number of hydrogen-bond donors (Lipinski definition) is 1. The number of H-pyrrole nitrogens is 1. The molecule has 0 fully saturated rings. The van der Waals surface area contributed by atoms with Crippen molar-refractivity contribution >= 4 is 37.9 Å². The molecule has 0 bridgehead atoms. The minimum absolute atomic E-state index is 0.323. The summed E-state index contributed by atoms with van der Waals surface area (Å²) in [5.74, 6) is 0.323. The molecular formula is C36H29BrN4. The van der Waals surface area contributed by atoms with Gasteiger partial charge < -0.3 is 4.98 Å². The highest BCUT2D eigenvalue weighted by Gasteiger charge is 2.41. The summed E-state index contributed by atoms with van der Waals surface area (Å²) >= 11 is 3.68. The first kappa shape index (κ1) is 25.5. The Morgan fingerprint density at radius 2 is 1.32 bits per heavy atom. The SMILES string of the molecule is CC(C)c1c(-c2ccnc3c2cnn3C(c2ccccc2)(c2ccccc2)c2ccccc2)[nH]c2ccc(Br)cc12. The highest BCUT2D eigenvalue weighted by molar-refractivity contribution is 9.10. The lowest BCUT2D eigenvalue weighted by Gasteiger charge is -2.36. The van der Waals surface area contributed by atoms with E-state index in [0.717, 1.165) is 49.0 Å². The van der Waals surface area contributed by atoms with E-state index in [1.807, 2.05) is 12.4 Å². The molecule has 0 aliphatic rings. The Bertz CT molecular complexity index is 1880. The average molecular weight is 598 g/mol. The molecule has 0 saturated carbocycles. The third-order valence-corrected chi connectivity index (χ3v) is 8.51. The van der Waals surface area contributed by atoms with Gasteiger partial charge >= 0.3 is 0 Å². The predicted octanol–water partition coefficient (Wildman–Crippen LogP) is 9.31. The summed E-state index contributed by atoms with van der Waals surface area (Å²) in [6.07, 6.45) is 3.89. The lowest BCUT2D eigenvalue weighted by atomic mass is 9.77. The molecule has 0 spiro atoms. The van der Waals surface area contributed by atoms with Crippen molar-refractivity contribution in [3.63, 3.8) is 0 Å². The van der Waals surface area contributed by atoms with Crippen LogP contribution in [-0.4, -0.2) is 19.7 Å². The lowest BCUT2D eigenvalue weighted by Crippen LogP contribution is -2.38. The number of nitrogens with one attached hydrogen (secondary N) is 1. The van der Waals surface area contributed by atoms with Crippen molar-refractivity contribution in [2.24, 2.45) is 0 Å². The highest BCUT2D eigenvalue weighted by atomic mass is 79.9. The number of halogens is 1. The fraction of sp³-hybridized carbons (Fsp3) is 0.111. The van der Waals surface area contributed by atoms with Gasteiger partial charge in [-0.25, -0.2) is 9.67 Å². The number of benzene rings is 4. The zero-order chi connectivity index (χ0) is 28.0. The van der Waals surface area contributed by atoms with Crippen molar-refractivity contribution in [1.29, 1.82) is 0 Å². The smallest absolute Gasteiger partial charge is 0.159 e. The Hall–Kier alpha value is -4.48. The second-order valence-electron chi connectivity index (χ2n) is 10.7. The molecule has 0 aliphatic carbocycles. The summed E-state index contributed by atoms with van der Waals surface area (Å²) in [4.78, 5) is 8.73. The van der Waals surface area contributed by atoms with E-state index in [0.29, 0.717) is 5.92 Å². The second kappa shape index (κ2) is 10.2. The second-order valence-corrected chi connectivity index (χ2v) is 11.6. The molecule has 0 amide bonds. The number of aromatic nitrogens is 4. The lowest BCUT2D eigenvalue weighted by molar-refractivity contribution is 0.472. The number of hydrogen-bond acceptors (Lipinski definition) is 2. The van der Waals surface area contributed by atoms with E-state index in [-0.39, 0.29) is 0 Å². The van der Waals surface area contributed by atoms with Gasteiger partial charge in [0.15, 0.2) is 5.65 Å². The van der Waals surface area contributed by atoms with Crippen LogP contribution in [0, 0.1) is 0 Å². The van der Waals surface area contributed by atoms with Gasteiger partial charge in [-0.15, -0.1) is 0 Å². The van der Waals surface area contributed by atoms with Crippen LogP contribution in [0.5, 0.6) is 0 Å². The summed E-state index contributed by atoms with van der Waals surface area (Å²) in [5.41, 5.74) is 8.08. The first-order valence-electron chi connectivity index (χ1n) is 13.9. The molecule has 0 saturated heterocycles. The van der Waals surface area contributed by atoms with Crippen molar-refractivity contribution in [3.05, 3.63) is 154 Å². The maximum atomic E-state index is 5.16. The van der Waals surface area contributed by atoms with Gasteiger partial charge in [0, 0.05) is 32.5 Å². The van der Waals surface area contributed by atoms with E-state index >= 15 is 0 Å². The fourth-order valence-corrected chi connectivity index (χ4v) is 6.65. The van der Waals surface area contributed by atoms with Crippen LogP contribution in [-0.2, 0) is 5.54 Å². The van der Waals surface area contributed by atoms with Crippen LogP contribution in [0.4, 0.5) is 0 Å². The van der Waals surface area contributed by atoms with Crippen LogP contribution in [0.15, 0.2) is 132 Å². The van der Waals surface area contributed by atoms with Crippen molar-refractivity contribution < 1.29 is 0 Å². The molecule has 0 radical (unpaired) electrons. The van der Waals surface area contributed by atoms with Gasteiger partial charge in [-0.05, 0) is 52.4 Å². The summed E-state index contributed by atoms with van der Waals surface area (Å²) in [6, 6.07) is 40.4. The van der Waals surface area contributed by atoms with Gasteiger partial charge in [-0.3, -0.25) is 0 Å². The number of rotatable bonds is 6. The number of pyridine rings is 1. The van der Waals surface area contributed by atoms with Crippen molar-refractivity contribution in [2.75, 3.05) is 0 Å². The molecule has 4 nitrogen and oxygen atoms in total. The van der Waals surface area contributed by atoms with Gasteiger partial charge in [-0.1, -0.05) is 121 Å². The van der Waals surface area contributed by atoms with E-state index in [4.69, 9.17) is 10.1 Å². The van der Waals surface area contributed by atoms with E-state index in [2.05, 4.69) is 155 Å². The van der Waals surface area contributed by atoms with E-state index in [1.54, 1.807) is 0 Å². The minimum Gasteiger partial charge on any atom is -0.354 e. The Morgan fingerprint density at radius 3 is 1.88 bits per heavy atom. The molecule has 7 aromatic rings. The molecule has 200 valence electrons. The molecule has 7 rings (SSSR count). The number of fused-ring (bicyclic) bond motifs is 2. The average Bonchev–Trinajstić information content (AvgIpc) is 3.61. The zero-order valence-electron chi connectivity index (χ0n) is 22.9. The molecule has 3 heterocycles. The Morgan fingerprint density at radius 1 is 0.732 bits per heavy atom. The largest absolute Gasteiger partial charge is 0.354 e. The normalized spacial score (nSPS) is 12.0. The first-order chi connectivity index (χ1) is 20.1. The van der Waals surface area contributed by atoms with Gasteiger partial charge in [0.1, 0.15) is 5.54 Å².